The van der Waals surface area contributed by atoms with Gasteiger partial charge in [-0.3, -0.25) is 4.99 Å². The fraction of sp³-hybridized carbons (Fsp3) is 0.0333. The van der Waals surface area contributed by atoms with Gasteiger partial charge in [-0.1, -0.05) is 115 Å². The lowest BCUT2D eigenvalue weighted by Crippen LogP contribution is -2.13. The molecule has 5 rings (SSSR count). The minimum atomic E-state index is 0.559. The summed E-state index contributed by atoms with van der Waals surface area (Å²) >= 11 is 0. The van der Waals surface area contributed by atoms with Crippen molar-refractivity contribution in [3.8, 4) is 22.3 Å². The van der Waals surface area contributed by atoms with Crippen molar-refractivity contribution in [2.45, 2.75) is 6.54 Å². The molecule has 0 unspecified atom stereocenters. The molecule has 0 amide bonds. The highest BCUT2D eigenvalue weighted by Crippen LogP contribution is 2.25. The molecular weight excluding hydrogens is 388 g/mol. The van der Waals surface area contributed by atoms with E-state index in [1.165, 1.54) is 33.0 Å². The van der Waals surface area contributed by atoms with Crippen LogP contribution < -0.4 is 5.73 Å². The van der Waals surface area contributed by atoms with Crippen molar-refractivity contribution in [1.82, 2.24) is 0 Å². The van der Waals surface area contributed by atoms with E-state index in [1.54, 1.807) is 0 Å². The fourth-order valence-corrected chi connectivity index (χ4v) is 3.90. The van der Waals surface area contributed by atoms with Crippen LogP contribution in [0.5, 0.6) is 0 Å². The molecule has 0 spiro atoms. The second-order valence-electron chi connectivity index (χ2n) is 7.90. The van der Waals surface area contributed by atoms with Crippen LogP contribution in [-0.2, 0) is 6.54 Å². The number of hydrogen-bond donors (Lipinski definition) is 1. The van der Waals surface area contributed by atoms with Crippen molar-refractivity contribution in [2.75, 3.05) is 0 Å². The fourth-order valence-electron chi connectivity index (χ4n) is 3.90. The molecule has 0 bridgehead atoms. The number of benzene rings is 5. The summed E-state index contributed by atoms with van der Waals surface area (Å²) < 4.78 is 0. The Hall–Kier alpha value is -4.17. The van der Waals surface area contributed by atoms with E-state index in [4.69, 9.17) is 5.73 Å². The minimum Gasteiger partial charge on any atom is -0.383 e. The van der Waals surface area contributed by atoms with Crippen molar-refractivity contribution in [3.05, 3.63) is 132 Å². The molecule has 154 valence electrons. The third-order valence-corrected chi connectivity index (χ3v) is 5.76. The molecule has 0 saturated heterocycles. The van der Waals surface area contributed by atoms with Crippen LogP contribution in [0.1, 0.15) is 11.1 Å². The van der Waals surface area contributed by atoms with E-state index in [-0.39, 0.29) is 0 Å². The zero-order valence-corrected chi connectivity index (χ0v) is 17.8. The molecule has 2 nitrogen and oxygen atoms in total. The molecule has 2 heteroatoms. The van der Waals surface area contributed by atoms with Crippen molar-refractivity contribution in [2.24, 2.45) is 10.7 Å². The molecule has 32 heavy (non-hydrogen) atoms. The molecular formula is C30H24N2. The molecule has 0 aromatic heterocycles. The van der Waals surface area contributed by atoms with E-state index in [9.17, 15) is 0 Å². The van der Waals surface area contributed by atoms with Gasteiger partial charge in [0.25, 0.3) is 0 Å². The van der Waals surface area contributed by atoms with Crippen LogP contribution in [0.15, 0.2) is 126 Å². The van der Waals surface area contributed by atoms with Crippen LogP contribution in [0, 0.1) is 0 Å². The van der Waals surface area contributed by atoms with Gasteiger partial charge in [-0.15, -0.1) is 0 Å². The van der Waals surface area contributed by atoms with E-state index in [0.29, 0.717) is 12.4 Å². The van der Waals surface area contributed by atoms with Crippen LogP contribution in [0.2, 0.25) is 0 Å². The van der Waals surface area contributed by atoms with Crippen molar-refractivity contribution < 1.29 is 0 Å². The van der Waals surface area contributed by atoms with Crippen LogP contribution in [-0.4, -0.2) is 5.84 Å². The highest BCUT2D eigenvalue weighted by atomic mass is 14.8. The van der Waals surface area contributed by atoms with Gasteiger partial charge in [0.1, 0.15) is 5.84 Å². The maximum absolute atomic E-state index is 6.26. The summed E-state index contributed by atoms with van der Waals surface area (Å²) in [5, 5.41) is 2.51. The third-order valence-electron chi connectivity index (χ3n) is 5.76. The first-order valence-corrected chi connectivity index (χ1v) is 10.8. The van der Waals surface area contributed by atoms with Gasteiger partial charge >= 0.3 is 0 Å². The minimum absolute atomic E-state index is 0.559. The highest BCUT2D eigenvalue weighted by Gasteiger charge is 2.03. The first-order valence-electron chi connectivity index (χ1n) is 10.8. The number of aliphatic imine (C=N–C) groups is 1. The van der Waals surface area contributed by atoms with Gasteiger partial charge in [-0.05, 0) is 44.7 Å². The Labute approximate surface area is 188 Å². The van der Waals surface area contributed by atoms with E-state index in [0.717, 1.165) is 11.1 Å². The second-order valence-corrected chi connectivity index (χ2v) is 7.90. The quantitative estimate of drug-likeness (QED) is 0.243. The zero-order chi connectivity index (χ0) is 21.8. The molecule has 0 aliphatic carbocycles. The predicted octanol–water partition coefficient (Wildman–Crippen LogP) is 7.08. The third kappa shape index (κ3) is 4.30. The van der Waals surface area contributed by atoms with Crippen molar-refractivity contribution in [3.63, 3.8) is 0 Å². The molecule has 5 aromatic rings. The molecule has 0 atom stereocenters. The van der Waals surface area contributed by atoms with E-state index in [1.807, 2.05) is 30.3 Å². The Kier molecular flexibility index (Phi) is 5.50. The average molecular weight is 413 g/mol. The lowest BCUT2D eigenvalue weighted by atomic mass is 10.0. The predicted molar refractivity (Wildman–Crippen MR) is 136 cm³/mol. The molecule has 0 saturated carbocycles. The topological polar surface area (TPSA) is 38.4 Å². The van der Waals surface area contributed by atoms with Crippen LogP contribution in [0.3, 0.4) is 0 Å². The van der Waals surface area contributed by atoms with Gasteiger partial charge in [0.2, 0.25) is 0 Å². The SMILES string of the molecule is NC(=NCc1ccc(-c2ccc3ccccc3c2)cc1)c1ccc(-c2ccccc2)cc1. The lowest BCUT2D eigenvalue weighted by molar-refractivity contribution is 1.06. The molecule has 0 heterocycles. The molecule has 0 fully saturated rings. The van der Waals surface area contributed by atoms with Gasteiger partial charge in [0, 0.05) is 5.56 Å². The number of nitrogens with zero attached hydrogens (tertiary/aromatic N) is 1. The smallest absolute Gasteiger partial charge is 0.125 e. The largest absolute Gasteiger partial charge is 0.383 e. The number of amidine groups is 1. The van der Waals surface area contributed by atoms with Gasteiger partial charge < -0.3 is 5.73 Å². The number of rotatable bonds is 5. The summed E-state index contributed by atoms with van der Waals surface area (Å²) in [5.74, 6) is 0.559. The zero-order valence-electron chi connectivity index (χ0n) is 17.8. The highest BCUT2D eigenvalue weighted by molar-refractivity contribution is 5.97. The van der Waals surface area contributed by atoms with Crippen LogP contribution in [0.4, 0.5) is 0 Å². The van der Waals surface area contributed by atoms with E-state index < -0.39 is 0 Å². The number of fused-ring (bicyclic) bond motifs is 1. The van der Waals surface area contributed by atoms with Gasteiger partial charge in [-0.25, -0.2) is 0 Å². The number of nitrogens with two attached hydrogens (primary N) is 1. The summed E-state index contributed by atoms with van der Waals surface area (Å²) in [6.45, 7) is 0.560. The van der Waals surface area contributed by atoms with Crippen LogP contribution >= 0.6 is 0 Å². The Morgan fingerprint density at radius 1 is 0.531 bits per heavy atom. The summed E-state index contributed by atoms with van der Waals surface area (Å²) in [6.07, 6.45) is 0. The molecule has 0 radical (unpaired) electrons. The average Bonchev–Trinajstić information content (AvgIpc) is 2.88. The van der Waals surface area contributed by atoms with E-state index >= 15 is 0 Å². The standard InChI is InChI=1S/C30H24N2/c31-30(27-17-14-25(15-18-27)23-6-2-1-3-7-23)32-21-22-10-12-26(13-11-22)29-19-16-24-8-4-5-9-28(24)20-29/h1-20H,21H2,(H2,31,32). The van der Waals surface area contributed by atoms with Gasteiger partial charge in [-0.2, -0.15) is 0 Å². The van der Waals surface area contributed by atoms with Gasteiger partial charge in [0.05, 0.1) is 6.54 Å². The summed E-state index contributed by atoms with van der Waals surface area (Å²) in [7, 11) is 0. The maximum atomic E-state index is 6.26. The molecule has 0 aliphatic rings. The summed E-state index contributed by atoms with van der Waals surface area (Å²) in [4.78, 5) is 4.60. The summed E-state index contributed by atoms with van der Waals surface area (Å²) in [6, 6.07) is 42.1. The molecule has 2 N–H and O–H groups in total. The monoisotopic (exact) mass is 412 g/mol. The van der Waals surface area contributed by atoms with Crippen molar-refractivity contribution in [1.29, 1.82) is 0 Å². The first-order chi connectivity index (χ1) is 15.8. The van der Waals surface area contributed by atoms with Crippen molar-refractivity contribution >= 4 is 16.6 Å². The van der Waals surface area contributed by atoms with E-state index in [2.05, 4.69) is 96.0 Å². The Bertz CT molecular complexity index is 1370. The molecule has 0 aliphatic heterocycles. The first kappa shape index (κ1) is 19.8. The van der Waals surface area contributed by atoms with Gasteiger partial charge in [0.15, 0.2) is 0 Å². The second kappa shape index (κ2) is 8.91. The maximum Gasteiger partial charge on any atom is 0.125 e. The Morgan fingerprint density at radius 3 is 1.84 bits per heavy atom. The summed E-state index contributed by atoms with van der Waals surface area (Å²) in [5.41, 5.74) is 13.1. The number of hydrogen-bond acceptors (Lipinski definition) is 1. The lowest BCUT2D eigenvalue weighted by Gasteiger charge is -2.07. The van der Waals surface area contributed by atoms with Crippen LogP contribution in [0.25, 0.3) is 33.0 Å². The Morgan fingerprint density at radius 2 is 1.09 bits per heavy atom. The normalized spacial score (nSPS) is 11.6. The molecule has 5 aromatic carbocycles. The Balaban J connectivity index is 1.28.